The summed E-state index contributed by atoms with van der Waals surface area (Å²) in [5.74, 6) is 0.802. The Bertz CT molecular complexity index is 345. The lowest BCUT2D eigenvalue weighted by Crippen LogP contribution is -2.32. The van der Waals surface area contributed by atoms with E-state index in [1.807, 2.05) is 0 Å². The number of carbonyl (C=O) groups excluding carboxylic acids is 1. The summed E-state index contributed by atoms with van der Waals surface area (Å²) in [5, 5.41) is 2.84. The van der Waals surface area contributed by atoms with Gasteiger partial charge in [0.2, 0.25) is 0 Å². The number of rotatable bonds is 3. The molecule has 0 saturated heterocycles. The van der Waals surface area contributed by atoms with Gasteiger partial charge in [0.25, 0.3) is 5.91 Å². The van der Waals surface area contributed by atoms with Gasteiger partial charge in [-0.2, -0.15) is 0 Å². The molecule has 1 aliphatic carbocycles. The summed E-state index contributed by atoms with van der Waals surface area (Å²) in [5.41, 5.74) is 5.70. The molecule has 5 nitrogen and oxygen atoms in total. The molecule has 1 aromatic rings. The standard InChI is InChI=1S/C10H14N4O/c11-9-6-12-8(5-13-9)10(15)14-4-7-2-1-3-7/h5-7H,1-4H2,(H2,11,13)(H,14,15). The lowest BCUT2D eigenvalue weighted by molar-refractivity contribution is 0.0933. The predicted molar refractivity (Wildman–Crippen MR) is 56.1 cm³/mol. The van der Waals surface area contributed by atoms with Crippen LogP contribution in [0.15, 0.2) is 12.4 Å². The van der Waals surface area contributed by atoms with Crippen LogP contribution in [0.1, 0.15) is 29.8 Å². The first-order valence-corrected chi connectivity index (χ1v) is 5.11. The van der Waals surface area contributed by atoms with Gasteiger partial charge in [-0.1, -0.05) is 6.42 Å². The first-order chi connectivity index (χ1) is 7.25. The van der Waals surface area contributed by atoms with Gasteiger partial charge in [0.15, 0.2) is 0 Å². The molecule has 0 unspecified atom stereocenters. The van der Waals surface area contributed by atoms with E-state index in [1.54, 1.807) is 0 Å². The van der Waals surface area contributed by atoms with E-state index >= 15 is 0 Å². The van der Waals surface area contributed by atoms with E-state index in [-0.39, 0.29) is 5.91 Å². The summed E-state index contributed by atoms with van der Waals surface area (Å²) >= 11 is 0. The van der Waals surface area contributed by atoms with Crippen LogP contribution in [0.3, 0.4) is 0 Å². The molecule has 0 aromatic carbocycles. The van der Waals surface area contributed by atoms with Gasteiger partial charge in [-0.05, 0) is 18.8 Å². The van der Waals surface area contributed by atoms with Crippen LogP contribution in [0.25, 0.3) is 0 Å². The average Bonchev–Trinajstić information content (AvgIpc) is 2.16. The highest BCUT2D eigenvalue weighted by Gasteiger charge is 2.18. The number of anilines is 1. The van der Waals surface area contributed by atoms with Gasteiger partial charge in [0.05, 0.1) is 12.4 Å². The van der Waals surface area contributed by atoms with Gasteiger partial charge >= 0.3 is 0 Å². The number of nitrogens with two attached hydrogens (primary N) is 1. The maximum absolute atomic E-state index is 11.5. The van der Waals surface area contributed by atoms with Crippen molar-refractivity contribution >= 4 is 11.7 Å². The Hall–Kier alpha value is -1.65. The number of nitrogen functional groups attached to an aromatic ring is 1. The van der Waals surface area contributed by atoms with Crippen molar-refractivity contribution in [1.29, 1.82) is 0 Å². The largest absolute Gasteiger partial charge is 0.382 e. The summed E-state index contributed by atoms with van der Waals surface area (Å²) < 4.78 is 0. The van der Waals surface area contributed by atoms with Crippen molar-refractivity contribution in [2.75, 3.05) is 12.3 Å². The topological polar surface area (TPSA) is 80.9 Å². The summed E-state index contributed by atoms with van der Waals surface area (Å²) in [6.45, 7) is 0.741. The molecule has 1 aliphatic rings. The monoisotopic (exact) mass is 206 g/mol. The minimum absolute atomic E-state index is 0.172. The molecule has 0 atom stereocenters. The zero-order valence-electron chi connectivity index (χ0n) is 8.44. The lowest BCUT2D eigenvalue weighted by atomic mass is 9.85. The molecule has 1 amide bonds. The van der Waals surface area contributed by atoms with Crippen molar-refractivity contribution in [1.82, 2.24) is 15.3 Å². The molecule has 1 fully saturated rings. The quantitative estimate of drug-likeness (QED) is 0.758. The molecular formula is C10H14N4O. The maximum atomic E-state index is 11.5. The first kappa shape index (κ1) is 9.89. The minimum Gasteiger partial charge on any atom is -0.382 e. The highest BCUT2D eigenvalue weighted by atomic mass is 16.1. The van der Waals surface area contributed by atoms with Crippen molar-refractivity contribution in [2.24, 2.45) is 5.92 Å². The predicted octanol–water partition coefficient (Wildman–Crippen LogP) is 0.589. The molecule has 0 spiro atoms. The fraction of sp³-hybridized carbons (Fsp3) is 0.500. The van der Waals surface area contributed by atoms with Crippen LogP contribution < -0.4 is 11.1 Å². The van der Waals surface area contributed by atoms with E-state index in [2.05, 4.69) is 15.3 Å². The zero-order chi connectivity index (χ0) is 10.7. The van der Waals surface area contributed by atoms with E-state index < -0.39 is 0 Å². The smallest absolute Gasteiger partial charge is 0.271 e. The Morgan fingerprint density at radius 2 is 2.27 bits per heavy atom. The molecule has 80 valence electrons. The van der Waals surface area contributed by atoms with Crippen LogP contribution in [0.5, 0.6) is 0 Å². The van der Waals surface area contributed by atoms with Crippen molar-refractivity contribution in [3.63, 3.8) is 0 Å². The molecule has 3 N–H and O–H groups in total. The molecule has 5 heteroatoms. The van der Waals surface area contributed by atoms with E-state index in [0.29, 0.717) is 17.4 Å². The molecule has 2 rings (SSSR count). The summed E-state index contributed by atoms with van der Waals surface area (Å²) in [4.78, 5) is 19.3. The normalized spacial score (nSPS) is 15.7. The Balaban J connectivity index is 1.86. The molecule has 1 aromatic heterocycles. The van der Waals surface area contributed by atoms with Crippen LogP contribution >= 0.6 is 0 Å². The van der Waals surface area contributed by atoms with E-state index in [4.69, 9.17) is 5.73 Å². The molecule has 15 heavy (non-hydrogen) atoms. The number of amides is 1. The van der Waals surface area contributed by atoms with Gasteiger partial charge in [-0.3, -0.25) is 4.79 Å². The number of hydrogen-bond acceptors (Lipinski definition) is 4. The highest BCUT2D eigenvalue weighted by molar-refractivity contribution is 5.91. The fourth-order valence-electron chi connectivity index (χ4n) is 1.48. The molecular weight excluding hydrogens is 192 g/mol. The molecule has 0 bridgehead atoms. The fourth-order valence-corrected chi connectivity index (χ4v) is 1.48. The van der Waals surface area contributed by atoms with Gasteiger partial charge in [-0.15, -0.1) is 0 Å². The lowest BCUT2D eigenvalue weighted by Gasteiger charge is -2.25. The van der Waals surface area contributed by atoms with Crippen molar-refractivity contribution in [2.45, 2.75) is 19.3 Å². The SMILES string of the molecule is Nc1cnc(C(=O)NCC2CCC2)cn1. The van der Waals surface area contributed by atoms with Crippen molar-refractivity contribution in [3.05, 3.63) is 18.1 Å². The van der Waals surface area contributed by atoms with Gasteiger partial charge in [-0.25, -0.2) is 9.97 Å². The van der Waals surface area contributed by atoms with Crippen LogP contribution in [0.2, 0.25) is 0 Å². The number of aromatic nitrogens is 2. The van der Waals surface area contributed by atoms with Crippen molar-refractivity contribution < 1.29 is 4.79 Å². The molecule has 0 aliphatic heterocycles. The van der Waals surface area contributed by atoms with Crippen molar-refractivity contribution in [3.8, 4) is 0 Å². The second-order valence-corrected chi connectivity index (χ2v) is 3.83. The van der Waals surface area contributed by atoms with Crippen LogP contribution in [-0.2, 0) is 0 Å². The van der Waals surface area contributed by atoms with Crippen LogP contribution in [0, 0.1) is 5.92 Å². The Labute approximate surface area is 88.1 Å². The number of nitrogens with one attached hydrogen (secondary N) is 1. The average molecular weight is 206 g/mol. The van der Waals surface area contributed by atoms with E-state index in [1.165, 1.54) is 31.7 Å². The highest BCUT2D eigenvalue weighted by Crippen LogP contribution is 2.25. The summed E-state index contributed by atoms with van der Waals surface area (Å²) in [6.07, 6.45) is 6.49. The summed E-state index contributed by atoms with van der Waals surface area (Å²) in [7, 11) is 0. The number of carbonyl (C=O) groups is 1. The second-order valence-electron chi connectivity index (χ2n) is 3.83. The Morgan fingerprint density at radius 1 is 1.47 bits per heavy atom. The van der Waals surface area contributed by atoms with Crippen LogP contribution in [0.4, 0.5) is 5.82 Å². The molecule has 0 radical (unpaired) electrons. The second kappa shape index (κ2) is 4.25. The summed E-state index contributed by atoms with van der Waals surface area (Å²) in [6, 6.07) is 0. The third-order valence-corrected chi connectivity index (χ3v) is 2.68. The Kier molecular flexibility index (Phi) is 2.80. The maximum Gasteiger partial charge on any atom is 0.271 e. The number of nitrogens with zero attached hydrogens (tertiary/aromatic N) is 2. The van der Waals surface area contributed by atoms with Gasteiger partial charge < -0.3 is 11.1 Å². The molecule has 1 heterocycles. The van der Waals surface area contributed by atoms with E-state index in [0.717, 1.165) is 6.54 Å². The van der Waals surface area contributed by atoms with E-state index in [9.17, 15) is 4.79 Å². The van der Waals surface area contributed by atoms with Gasteiger partial charge in [0.1, 0.15) is 11.5 Å². The third kappa shape index (κ3) is 2.43. The van der Waals surface area contributed by atoms with Crippen LogP contribution in [-0.4, -0.2) is 22.4 Å². The molecule has 1 saturated carbocycles. The van der Waals surface area contributed by atoms with Gasteiger partial charge in [0, 0.05) is 6.54 Å². The first-order valence-electron chi connectivity index (χ1n) is 5.11. The minimum atomic E-state index is -0.172. The zero-order valence-corrected chi connectivity index (χ0v) is 8.44. The Morgan fingerprint density at radius 3 is 2.80 bits per heavy atom. The third-order valence-electron chi connectivity index (χ3n) is 2.68. The number of hydrogen-bond donors (Lipinski definition) is 2.